The van der Waals surface area contributed by atoms with Gasteiger partial charge in [0.25, 0.3) is 0 Å². The van der Waals surface area contributed by atoms with Crippen molar-refractivity contribution in [3.63, 3.8) is 0 Å². The Balaban J connectivity index is 2.10. The Kier molecular flexibility index (Phi) is 5.18. The topological polar surface area (TPSA) is 29.5 Å². The lowest BCUT2D eigenvalue weighted by atomic mass is 9.82. The zero-order chi connectivity index (χ0) is 14.5. The molecule has 0 aromatic heterocycles. The SMILES string of the molecule is COC(=O)CN(CC1CCCc2ccccc21)C(C)C. The summed E-state index contributed by atoms with van der Waals surface area (Å²) in [6.45, 7) is 5.59. The Labute approximate surface area is 121 Å². The third kappa shape index (κ3) is 3.60. The number of hydrogen-bond acceptors (Lipinski definition) is 3. The molecule has 0 radical (unpaired) electrons. The van der Waals surface area contributed by atoms with Crippen molar-refractivity contribution in [3.8, 4) is 0 Å². The number of aryl methyl sites for hydroxylation is 1. The summed E-state index contributed by atoms with van der Waals surface area (Å²) in [6, 6.07) is 9.08. The van der Waals surface area contributed by atoms with Gasteiger partial charge in [0.05, 0.1) is 13.7 Å². The van der Waals surface area contributed by atoms with Crippen LogP contribution in [0.5, 0.6) is 0 Å². The van der Waals surface area contributed by atoms with E-state index in [2.05, 4.69) is 43.0 Å². The van der Waals surface area contributed by atoms with Crippen molar-refractivity contribution in [2.24, 2.45) is 0 Å². The maximum absolute atomic E-state index is 11.6. The second kappa shape index (κ2) is 6.89. The van der Waals surface area contributed by atoms with E-state index in [1.807, 2.05) is 0 Å². The van der Waals surface area contributed by atoms with Gasteiger partial charge in [-0.1, -0.05) is 24.3 Å². The molecule has 1 aliphatic rings. The van der Waals surface area contributed by atoms with Crippen molar-refractivity contribution in [2.75, 3.05) is 20.2 Å². The van der Waals surface area contributed by atoms with Crippen LogP contribution < -0.4 is 0 Å². The van der Waals surface area contributed by atoms with E-state index in [1.54, 1.807) is 0 Å². The highest BCUT2D eigenvalue weighted by molar-refractivity contribution is 5.71. The molecule has 0 amide bonds. The van der Waals surface area contributed by atoms with Crippen LogP contribution in [0.25, 0.3) is 0 Å². The van der Waals surface area contributed by atoms with E-state index in [0.29, 0.717) is 18.5 Å². The Morgan fingerprint density at radius 2 is 2.15 bits per heavy atom. The van der Waals surface area contributed by atoms with Crippen molar-refractivity contribution in [3.05, 3.63) is 35.4 Å². The molecule has 1 aromatic rings. The molecule has 0 bridgehead atoms. The largest absolute Gasteiger partial charge is 0.468 e. The first-order chi connectivity index (χ1) is 9.61. The van der Waals surface area contributed by atoms with Gasteiger partial charge in [-0.2, -0.15) is 0 Å². The molecule has 3 heteroatoms. The fourth-order valence-corrected chi connectivity index (χ4v) is 3.02. The van der Waals surface area contributed by atoms with Crippen LogP contribution in [0.3, 0.4) is 0 Å². The van der Waals surface area contributed by atoms with Crippen molar-refractivity contribution in [2.45, 2.75) is 45.1 Å². The molecule has 0 spiro atoms. The van der Waals surface area contributed by atoms with Crippen molar-refractivity contribution in [1.29, 1.82) is 0 Å². The molecule has 0 saturated carbocycles. The Morgan fingerprint density at radius 1 is 1.40 bits per heavy atom. The molecule has 1 atom stereocenters. The average Bonchev–Trinajstić information content (AvgIpc) is 2.46. The number of benzene rings is 1. The molecule has 0 heterocycles. The highest BCUT2D eigenvalue weighted by Crippen LogP contribution is 2.32. The molecule has 20 heavy (non-hydrogen) atoms. The molecule has 1 aliphatic carbocycles. The minimum Gasteiger partial charge on any atom is -0.468 e. The van der Waals surface area contributed by atoms with E-state index >= 15 is 0 Å². The normalized spacial score (nSPS) is 18.1. The van der Waals surface area contributed by atoms with Crippen molar-refractivity contribution in [1.82, 2.24) is 4.90 Å². The minimum absolute atomic E-state index is 0.150. The van der Waals surface area contributed by atoms with E-state index in [-0.39, 0.29) is 5.97 Å². The van der Waals surface area contributed by atoms with Crippen LogP contribution in [0.2, 0.25) is 0 Å². The number of carbonyl (C=O) groups excluding carboxylic acids is 1. The molecule has 3 nitrogen and oxygen atoms in total. The molecule has 1 aromatic carbocycles. The maximum atomic E-state index is 11.6. The molecule has 1 unspecified atom stereocenters. The van der Waals surface area contributed by atoms with Gasteiger partial charge < -0.3 is 4.74 Å². The number of carbonyl (C=O) groups is 1. The van der Waals surface area contributed by atoms with Crippen LogP contribution in [-0.4, -0.2) is 37.1 Å². The number of fused-ring (bicyclic) bond motifs is 1. The lowest BCUT2D eigenvalue weighted by Gasteiger charge is -2.33. The van der Waals surface area contributed by atoms with E-state index in [4.69, 9.17) is 4.74 Å². The summed E-state index contributed by atoms with van der Waals surface area (Å²) in [6.07, 6.45) is 3.64. The fraction of sp³-hybridized carbons (Fsp3) is 0.588. The number of ether oxygens (including phenoxy) is 1. The summed E-state index contributed by atoms with van der Waals surface area (Å²) in [7, 11) is 1.46. The van der Waals surface area contributed by atoms with Gasteiger partial charge in [-0.05, 0) is 50.2 Å². The lowest BCUT2D eigenvalue weighted by Crippen LogP contribution is -2.39. The maximum Gasteiger partial charge on any atom is 0.319 e. The Hall–Kier alpha value is -1.35. The third-order valence-corrected chi connectivity index (χ3v) is 4.24. The van der Waals surface area contributed by atoms with Gasteiger partial charge in [-0.25, -0.2) is 0 Å². The van der Waals surface area contributed by atoms with Gasteiger partial charge in [0.15, 0.2) is 0 Å². The second-order valence-corrected chi connectivity index (χ2v) is 5.89. The molecule has 0 N–H and O–H groups in total. The van der Waals surface area contributed by atoms with Gasteiger partial charge in [0, 0.05) is 12.6 Å². The third-order valence-electron chi connectivity index (χ3n) is 4.24. The van der Waals surface area contributed by atoms with Gasteiger partial charge in [-0.3, -0.25) is 9.69 Å². The highest BCUT2D eigenvalue weighted by Gasteiger charge is 2.24. The summed E-state index contributed by atoms with van der Waals surface area (Å²) in [5.74, 6) is 0.384. The molecular formula is C17H25NO2. The standard InChI is InChI=1S/C17H25NO2/c1-13(2)18(12-17(19)20-3)11-15-9-6-8-14-7-4-5-10-16(14)15/h4-5,7,10,13,15H,6,8-9,11-12H2,1-3H3. The first kappa shape index (κ1) is 15.0. The monoisotopic (exact) mass is 275 g/mol. The van der Waals surface area contributed by atoms with Crippen LogP contribution in [0.15, 0.2) is 24.3 Å². The second-order valence-electron chi connectivity index (χ2n) is 5.89. The number of nitrogens with zero attached hydrogens (tertiary/aromatic N) is 1. The molecule has 2 rings (SSSR count). The summed E-state index contributed by atoms with van der Waals surface area (Å²) >= 11 is 0. The van der Waals surface area contributed by atoms with E-state index in [0.717, 1.165) is 6.54 Å². The van der Waals surface area contributed by atoms with Crippen molar-refractivity contribution < 1.29 is 9.53 Å². The van der Waals surface area contributed by atoms with Gasteiger partial charge in [-0.15, -0.1) is 0 Å². The summed E-state index contributed by atoms with van der Waals surface area (Å²) in [4.78, 5) is 13.8. The zero-order valence-electron chi connectivity index (χ0n) is 12.8. The number of hydrogen-bond donors (Lipinski definition) is 0. The number of methoxy groups -OCH3 is 1. The first-order valence-electron chi connectivity index (χ1n) is 7.50. The first-order valence-corrected chi connectivity index (χ1v) is 7.50. The predicted molar refractivity (Wildman–Crippen MR) is 80.8 cm³/mol. The molecule has 110 valence electrons. The smallest absolute Gasteiger partial charge is 0.319 e. The van der Waals surface area contributed by atoms with Crippen LogP contribution in [0.1, 0.15) is 43.7 Å². The van der Waals surface area contributed by atoms with E-state index < -0.39 is 0 Å². The highest BCUT2D eigenvalue weighted by atomic mass is 16.5. The van der Waals surface area contributed by atoms with Crippen LogP contribution in [0, 0.1) is 0 Å². The number of rotatable bonds is 5. The van der Waals surface area contributed by atoms with Gasteiger partial charge in [0.1, 0.15) is 0 Å². The minimum atomic E-state index is -0.150. The van der Waals surface area contributed by atoms with Crippen molar-refractivity contribution >= 4 is 5.97 Å². The van der Waals surface area contributed by atoms with E-state index in [9.17, 15) is 4.79 Å². The Bertz CT molecular complexity index is 456. The summed E-state index contributed by atoms with van der Waals surface area (Å²) < 4.78 is 4.81. The van der Waals surface area contributed by atoms with Crippen LogP contribution in [-0.2, 0) is 16.0 Å². The zero-order valence-corrected chi connectivity index (χ0v) is 12.8. The lowest BCUT2D eigenvalue weighted by molar-refractivity contribution is -0.142. The average molecular weight is 275 g/mol. The fourth-order valence-electron chi connectivity index (χ4n) is 3.02. The predicted octanol–water partition coefficient (Wildman–Crippen LogP) is 2.99. The molecule has 0 saturated heterocycles. The molecular weight excluding hydrogens is 250 g/mol. The summed E-state index contributed by atoms with van der Waals surface area (Å²) in [5, 5.41) is 0. The van der Waals surface area contributed by atoms with Crippen LogP contribution >= 0.6 is 0 Å². The summed E-state index contributed by atoms with van der Waals surface area (Å²) in [5.41, 5.74) is 2.94. The van der Waals surface area contributed by atoms with E-state index in [1.165, 1.54) is 37.5 Å². The quantitative estimate of drug-likeness (QED) is 0.774. The van der Waals surface area contributed by atoms with Crippen LogP contribution in [0.4, 0.5) is 0 Å². The Morgan fingerprint density at radius 3 is 2.85 bits per heavy atom. The number of esters is 1. The van der Waals surface area contributed by atoms with Gasteiger partial charge >= 0.3 is 5.97 Å². The molecule has 0 fully saturated rings. The molecule has 0 aliphatic heterocycles. The van der Waals surface area contributed by atoms with Gasteiger partial charge in [0.2, 0.25) is 0 Å².